The second-order valence-electron chi connectivity index (χ2n) is 9.56. The van der Waals surface area contributed by atoms with Crippen molar-refractivity contribution >= 4 is 29.1 Å². The minimum absolute atomic E-state index is 0.0691. The van der Waals surface area contributed by atoms with Gasteiger partial charge in [0.05, 0.1) is 25.0 Å². The minimum Gasteiger partial charge on any atom is -0.379 e. The van der Waals surface area contributed by atoms with Crippen molar-refractivity contribution in [3.63, 3.8) is 0 Å². The molecule has 0 radical (unpaired) electrons. The van der Waals surface area contributed by atoms with Gasteiger partial charge in [-0.2, -0.15) is 5.10 Å². The van der Waals surface area contributed by atoms with Gasteiger partial charge in [-0.15, -0.1) is 0 Å². The maximum absolute atomic E-state index is 13.7. The molecule has 1 atom stereocenters. The third-order valence-corrected chi connectivity index (χ3v) is 7.25. The SMILES string of the molecule is COCC(=O)N(CCN1CCOCC1)CC(=O)N1N=C(c2ccc(C)c(C)c2)C[C@H]1c1ccc(Cl)cc1. The number of aryl methyl sites for hydroxylation is 2. The molecule has 4 rings (SSSR count). The Labute approximate surface area is 223 Å². The fourth-order valence-electron chi connectivity index (χ4n) is 4.61. The topological polar surface area (TPSA) is 74.7 Å². The molecule has 2 aromatic carbocycles. The van der Waals surface area contributed by atoms with Crippen LogP contribution in [0.2, 0.25) is 5.02 Å². The van der Waals surface area contributed by atoms with Gasteiger partial charge in [-0.3, -0.25) is 14.5 Å². The molecule has 0 aliphatic carbocycles. The summed E-state index contributed by atoms with van der Waals surface area (Å²) in [5.74, 6) is -0.449. The van der Waals surface area contributed by atoms with E-state index in [0.29, 0.717) is 37.7 Å². The third kappa shape index (κ3) is 6.96. The summed E-state index contributed by atoms with van der Waals surface area (Å²) in [6, 6.07) is 13.5. The number of carbonyl (C=O) groups is 2. The highest BCUT2D eigenvalue weighted by atomic mass is 35.5. The van der Waals surface area contributed by atoms with Crippen molar-refractivity contribution in [1.29, 1.82) is 0 Å². The van der Waals surface area contributed by atoms with Gasteiger partial charge < -0.3 is 14.4 Å². The average Bonchev–Trinajstić information content (AvgIpc) is 3.35. The number of halogens is 1. The normalized spacial score (nSPS) is 18.1. The van der Waals surface area contributed by atoms with E-state index in [9.17, 15) is 9.59 Å². The summed E-state index contributed by atoms with van der Waals surface area (Å²) in [4.78, 5) is 30.3. The van der Waals surface area contributed by atoms with Gasteiger partial charge in [-0.25, -0.2) is 5.01 Å². The van der Waals surface area contributed by atoms with Crippen molar-refractivity contribution in [1.82, 2.24) is 14.8 Å². The Morgan fingerprint density at radius 1 is 1.11 bits per heavy atom. The monoisotopic (exact) mass is 526 g/mol. The molecule has 0 bridgehead atoms. The zero-order valence-electron chi connectivity index (χ0n) is 21.8. The first kappa shape index (κ1) is 27.3. The Kier molecular flexibility index (Phi) is 9.32. The molecule has 8 nitrogen and oxygen atoms in total. The number of hydrogen-bond acceptors (Lipinski definition) is 6. The molecular weight excluding hydrogens is 492 g/mol. The molecule has 2 amide bonds. The number of benzene rings is 2. The predicted molar refractivity (Wildman–Crippen MR) is 144 cm³/mol. The predicted octanol–water partition coefficient (Wildman–Crippen LogP) is 3.44. The van der Waals surface area contributed by atoms with Crippen LogP contribution >= 0.6 is 11.6 Å². The van der Waals surface area contributed by atoms with Crippen molar-refractivity contribution in [2.24, 2.45) is 5.10 Å². The zero-order chi connectivity index (χ0) is 26.4. The molecule has 2 aromatic rings. The van der Waals surface area contributed by atoms with Crippen molar-refractivity contribution in [3.8, 4) is 0 Å². The zero-order valence-corrected chi connectivity index (χ0v) is 22.5. The van der Waals surface area contributed by atoms with Gasteiger partial charge in [-0.05, 0) is 54.3 Å². The first-order valence-electron chi connectivity index (χ1n) is 12.6. The Hall–Kier alpha value is -2.78. The van der Waals surface area contributed by atoms with Crippen LogP contribution in [-0.4, -0.2) is 92.0 Å². The standard InChI is InChI=1S/C28H35ClN4O4/c1-20-4-5-23(16-21(20)2)25-17-26(22-6-8-24(29)9-7-22)33(30-25)27(34)18-32(28(35)19-36-3)11-10-31-12-14-37-15-13-31/h4-9,16,26H,10-15,17-19H2,1-3H3/t26-/m0/s1. The van der Waals surface area contributed by atoms with Gasteiger partial charge in [0.1, 0.15) is 13.2 Å². The van der Waals surface area contributed by atoms with Crippen LogP contribution < -0.4 is 0 Å². The second-order valence-corrected chi connectivity index (χ2v) is 9.99. The highest BCUT2D eigenvalue weighted by Crippen LogP contribution is 2.34. The van der Waals surface area contributed by atoms with Crippen LogP contribution in [0.5, 0.6) is 0 Å². The number of rotatable bonds is 9. The molecule has 0 saturated carbocycles. The van der Waals surface area contributed by atoms with Crippen LogP contribution in [-0.2, 0) is 19.1 Å². The van der Waals surface area contributed by atoms with Crippen molar-refractivity contribution in [2.45, 2.75) is 26.3 Å². The molecule has 37 heavy (non-hydrogen) atoms. The van der Waals surface area contributed by atoms with Crippen LogP contribution in [0.1, 0.15) is 34.7 Å². The highest BCUT2D eigenvalue weighted by Gasteiger charge is 2.34. The largest absolute Gasteiger partial charge is 0.379 e. The van der Waals surface area contributed by atoms with Gasteiger partial charge in [0.2, 0.25) is 5.91 Å². The lowest BCUT2D eigenvalue weighted by Crippen LogP contribution is -2.47. The van der Waals surface area contributed by atoms with Gasteiger partial charge in [-0.1, -0.05) is 35.9 Å². The molecule has 2 heterocycles. The van der Waals surface area contributed by atoms with Crippen LogP contribution in [0.3, 0.4) is 0 Å². The first-order valence-corrected chi connectivity index (χ1v) is 13.0. The molecule has 198 valence electrons. The fourth-order valence-corrected chi connectivity index (χ4v) is 4.74. The van der Waals surface area contributed by atoms with E-state index in [4.69, 9.17) is 26.2 Å². The number of ether oxygens (including phenoxy) is 2. The Morgan fingerprint density at radius 3 is 2.51 bits per heavy atom. The molecule has 0 N–H and O–H groups in total. The maximum Gasteiger partial charge on any atom is 0.262 e. The Morgan fingerprint density at radius 2 is 1.84 bits per heavy atom. The lowest BCUT2D eigenvalue weighted by atomic mass is 9.96. The summed E-state index contributed by atoms with van der Waals surface area (Å²) in [6.07, 6.45) is 0.579. The number of hydrogen-bond donors (Lipinski definition) is 0. The number of nitrogens with zero attached hydrogens (tertiary/aromatic N) is 4. The number of hydrazone groups is 1. The number of amides is 2. The van der Waals surface area contributed by atoms with Gasteiger partial charge >= 0.3 is 0 Å². The number of carbonyl (C=O) groups excluding carboxylic acids is 2. The number of methoxy groups -OCH3 is 1. The second kappa shape index (κ2) is 12.6. The van der Waals surface area contributed by atoms with Crippen LogP contribution in [0.25, 0.3) is 0 Å². The highest BCUT2D eigenvalue weighted by molar-refractivity contribution is 6.30. The fraction of sp³-hybridized carbons (Fsp3) is 0.464. The van der Waals surface area contributed by atoms with E-state index in [1.54, 1.807) is 4.90 Å². The molecule has 0 unspecified atom stereocenters. The van der Waals surface area contributed by atoms with Gasteiger partial charge in [0, 0.05) is 44.7 Å². The van der Waals surface area contributed by atoms with E-state index in [1.165, 1.54) is 23.2 Å². The van der Waals surface area contributed by atoms with Crippen molar-refractivity contribution in [2.75, 3.05) is 59.7 Å². The number of morpholine rings is 1. The maximum atomic E-state index is 13.7. The van der Waals surface area contributed by atoms with E-state index in [-0.39, 0.29) is 31.0 Å². The molecule has 0 aromatic heterocycles. The lowest BCUT2D eigenvalue weighted by Gasteiger charge is -2.31. The molecule has 1 fully saturated rings. The Balaban J connectivity index is 1.56. The van der Waals surface area contributed by atoms with Crippen LogP contribution in [0.4, 0.5) is 0 Å². The van der Waals surface area contributed by atoms with E-state index < -0.39 is 0 Å². The van der Waals surface area contributed by atoms with Crippen LogP contribution in [0.15, 0.2) is 47.6 Å². The third-order valence-electron chi connectivity index (χ3n) is 7.00. The molecule has 0 spiro atoms. The smallest absolute Gasteiger partial charge is 0.262 e. The lowest BCUT2D eigenvalue weighted by molar-refractivity contribution is -0.143. The first-order chi connectivity index (χ1) is 17.9. The summed E-state index contributed by atoms with van der Waals surface area (Å²) >= 11 is 6.13. The van der Waals surface area contributed by atoms with E-state index in [0.717, 1.165) is 29.9 Å². The summed E-state index contributed by atoms with van der Waals surface area (Å²) in [5.41, 5.74) is 5.17. The van der Waals surface area contributed by atoms with E-state index in [1.807, 2.05) is 30.3 Å². The van der Waals surface area contributed by atoms with E-state index in [2.05, 4.69) is 30.9 Å². The van der Waals surface area contributed by atoms with Crippen molar-refractivity contribution in [3.05, 3.63) is 69.7 Å². The molecule has 9 heteroatoms. The average molecular weight is 527 g/mol. The molecule has 2 aliphatic rings. The van der Waals surface area contributed by atoms with Gasteiger partial charge in [0.15, 0.2) is 0 Å². The Bertz CT molecular complexity index is 1130. The molecule has 1 saturated heterocycles. The minimum atomic E-state index is -0.278. The van der Waals surface area contributed by atoms with Crippen molar-refractivity contribution < 1.29 is 19.1 Å². The summed E-state index contributed by atoms with van der Waals surface area (Å²) in [6.45, 7) is 8.09. The summed E-state index contributed by atoms with van der Waals surface area (Å²) in [7, 11) is 1.48. The quantitative estimate of drug-likeness (QED) is 0.500. The summed E-state index contributed by atoms with van der Waals surface area (Å²) in [5, 5.41) is 6.96. The van der Waals surface area contributed by atoms with Crippen LogP contribution in [0, 0.1) is 13.8 Å². The molecule has 2 aliphatic heterocycles. The van der Waals surface area contributed by atoms with E-state index >= 15 is 0 Å². The molecular formula is C28H35ClN4O4. The van der Waals surface area contributed by atoms with Gasteiger partial charge in [0.25, 0.3) is 5.91 Å². The summed E-state index contributed by atoms with van der Waals surface area (Å²) < 4.78 is 10.5.